The van der Waals surface area contributed by atoms with Gasteiger partial charge in [-0.1, -0.05) is 12.1 Å². The molecule has 0 aliphatic carbocycles. The monoisotopic (exact) mass is 280 g/mol. The molecule has 3 N–H and O–H groups in total. The van der Waals surface area contributed by atoms with E-state index in [9.17, 15) is 4.79 Å². The molecule has 20 heavy (non-hydrogen) atoms. The second-order valence-corrected chi connectivity index (χ2v) is 5.24. The maximum absolute atomic E-state index is 12.1. The maximum atomic E-state index is 12.1. The zero-order valence-electron chi connectivity index (χ0n) is 12.1. The number of carbonyl (C=O) groups is 1. The Morgan fingerprint density at radius 2 is 2.20 bits per heavy atom. The molecule has 1 aromatic heterocycles. The van der Waals surface area contributed by atoms with Crippen LogP contribution in [0, 0.1) is 0 Å². The van der Waals surface area contributed by atoms with E-state index in [0.29, 0.717) is 18.8 Å². The summed E-state index contributed by atoms with van der Waals surface area (Å²) < 4.78 is 1.60. The zero-order valence-corrected chi connectivity index (χ0v) is 12.1. The van der Waals surface area contributed by atoms with Crippen molar-refractivity contribution in [3.8, 4) is 0 Å². The van der Waals surface area contributed by atoms with E-state index in [1.165, 1.54) is 6.42 Å². The molecule has 1 amide bonds. The summed E-state index contributed by atoms with van der Waals surface area (Å²) in [6.07, 6.45) is 4.83. The minimum absolute atomic E-state index is 0.137. The van der Waals surface area contributed by atoms with Crippen LogP contribution >= 0.6 is 0 Å². The SMILES string of the molecule is CCCN1CCC(NC(=O)c2cn(CCN)nn2)CC1. The molecule has 0 radical (unpaired) electrons. The van der Waals surface area contributed by atoms with E-state index < -0.39 is 0 Å². The molecule has 7 heteroatoms. The summed E-state index contributed by atoms with van der Waals surface area (Å²) in [5.41, 5.74) is 5.81. The van der Waals surface area contributed by atoms with Crippen LogP contribution in [-0.2, 0) is 6.54 Å². The number of aromatic nitrogens is 3. The van der Waals surface area contributed by atoms with E-state index in [1.807, 2.05) is 0 Å². The highest BCUT2D eigenvalue weighted by atomic mass is 16.2. The van der Waals surface area contributed by atoms with Crippen molar-refractivity contribution in [2.45, 2.75) is 38.8 Å². The first-order valence-electron chi connectivity index (χ1n) is 7.36. The lowest BCUT2D eigenvalue weighted by Gasteiger charge is -2.31. The number of amides is 1. The molecule has 0 aromatic carbocycles. The van der Waals surface area contributed by atoms with Crippen molar-refractivity contribution in [2.24, 2.45) is 5.73 Å². The number of hydrogen-bond donors (Lipinski definition) is 2. The molecule has 0 bridgehead atoms. The highest BCUT2D eigenvalue weighted by Crippen LogP contribution is 2.11. The van der Waals surface area contributed by atoms with Gasteiger partial charge in [-0.25, -0.2) is 0 Å². The van der Waals surface area contributed by atoms with Crippen molar-refractivity contribution in [3.63, 3.8) is 0 Å². The minimum atomic E-state index is -0.137. The van der Waals surface area contributed by atoms with Gasteiger partial charge in [-0.15, -0.1) is 5.10 Å². The predicted octanol–water partition coefficient (Wildman–Crippen LogP) is -0.159. The summed E-state index contributed by atoms with van der Waals surface area (Å²) >= 11 is 0. The van der Waals surface area contributed by atoms with Gasteiger partial charge in [0.25, 0.3) is 5.91 Å². The van der Waals surface area contributed by atoms with Crippen LogP contribution in [0.4, 0.5) is 0 Å². The maximum Gasteiger partial charge on any atom is 0.273 e. The molecule has 2 heterocycles. The Hall–Kier alpha value is -1.47. The Balaban J connectivity index is 1.79. The van der Waals surface area contributed by atoms with Crippen LogP contribution in [-0.4, -0.2) is 58.0 Å². The number of carbonyl (C=O) groups excluding carboxylic acids is 1. The molecule has 1 fully saturated rings. The molecule has 1 aliphatic heterocycles. The lowest BCUT2D eigenvalue weighted by molar-refractivity contribution is 0.0906. The lowest BCUT2D eigenvalue weighted by atomic mass is 10.0. The molecule has 0 unspecified atom stereocenters. The van der Waals surface area contributed by atoms with Crippen LogP contribution in [0.3, 0.4) is 0 Å². The topological polar surface area (TPSA) is 89.1 Å². The van der Waals surface area contributed by atoms with Gasteiger partial charge in [-0.2, -0.15) is 0 Å². The fourth-order valence-electron chi connectivity index (χ4n) is 2.52. The molecule has 1 saturated heterocycles. The van der Waals surface area contributed by atoms with Crippen molar-refractivity contribution in [1.29, 1.82) is 0 Å². The Morgan fingerprint density at radius 3 is 2.85 bits per heavy atom. The van der Waals surface area contributed by atoms with Gasteiger partial charge in [0.15, 0.2) is 5.69 Å². The van der Waals surface area contributed by atoms with Crippen LogP contribution in [0.25, 0.3) is 0 Å². The van der Waals surface area contributed by atoms with Crippen LogP contribution in [0.1, 0.15) is 36.7 Å². The molecule has 7 nitrogen and oxygen atoms in total. The number of rotatable bonds is 6. The quantitative estimate of drug-likeness (QED) is 0.756. The van der Waals surface area contributed by atoms with E-state index in [1.54, 1.807) is 10.9 Å². The van der Waals surface area contributed by atoms with Crippen LogP contribution in [0.2, 0.25) is 0 Å². The highest BCUT2D eigenvalue weighted by molar-refractivity contribution is 5.92. The van der Waals surface area contributed by atoms with E-state index in [2.05, 4.69) is 27.5 Å². The van der Waals surface area contributed by atoms with Crippen LogP contribution < -0.4 is 11.1 Å². The van der Waals surface area contributed by atoms with E-state index >= 15 is 0 Å². The number of piperidine rings is 1. The van der Waals surface area contributed by atoms with E-state index in [4.69, 9.17) is 5.73 Å². The number of nitrogens with two attached hydrogens (primary N) is 1. The van der Waals surface area contributed by atoms with Gasteiger partial charge in [0, 0.05) is 25.7 Å². The van der Waals surface area contributed by atoms with Gasteiger partial charge in [-0.05, 0) is 25.8 Å². The smallest absolute Gasteiger partial charge is 0.273 e. The zero-order chi connectivity index (χ0) is 14.4. The van der Waals surface area contributed by atoms with Crippen LogP contribution in [0.5, 0.6) is 0 Å². The molecule has 0 atom stereocenters. The Kier molecular flexibility index (Phi) is 5.49. The van der Waals surface area contributed by atoms with Gasteiger partial charge < -0.3 is 16.0 Å². The van der Waals surface area contributed by atoms with Crippen molar-refractivity contribution in [1.82, 2.24) is 25.2 Å². The summed E-state index contributed by atoms with van der Waals surface area (Å²) in [5, 5.41) is 10.8. The lowest BCUT2D eigenvalue weighted by Crippen LogP contribution is -2.44. The third kappa shape index (κ3) is 4.01. The molecule has 112 valence electrons. The van der Waals surface area contributed by atoms with E-state index in [-0.39, 0.29) is 11.9 Å². The third-order valence-electron chi connectivity index (χ3n) is 3.59. The number of hydrogen-bond acceptors (Lipinski definition) is 5. The molecule has 1 aromatic rings. The van der Waals surface area contributed by atoms with Crippen molar-refractivity contribution in [2.75, 3.05) is 26.2 Å². The Bertz CT molecular complexity index is 424. The first-order chi connectivity index (χ1) is 9.72. The molecule has 2 rings (SSSR count). The fourth-order valence-corrected chi connectivity index (χ4v) is 2.52. The van der Waals surface area contributed by atoms with Gasteiger partial charge in [0.05, 0.1) is 12.7 Å². The van der Waals surface area contributed by atoms with Crippen molar-refractivity contribution in [3.05, 3.63) is 11.9 Å². The standard InChI is InChI=1S/C13H24N6O/c1-2-6-18-7-3-11(4-8-18)15-13(20)12-10-19(9-5-14)17-16-12/h10-11H,2-9,14H2,1H3,(H,15,20). The average molecular weight is 280 g/mol. The molecular weight excluding hydrogens is 256 g/mol. The Labute approximate surface area is 119 Å². The van der Waals surface area contributed by atoms with Gasteiger partial charge in [-0.3, -0.25) is 9.48 Å². The second kappa shape index (κ2) is 7.35. The summed E-state index contributed by atoms with van der Waals surface area (Å²) in [5.74, 6) is -0.137. The summed E-state index contributed by atoms with van der Waals surface area (Å²) in [4.78, 5) is 14.5. The number of nitrogens with one attached hydrogen (secondary N) is 1. The largest absolute Gasteiger partial charge is 0.348 e. The predicted molar refractivity (Wildman–Crippen MR) is 76.3 cm³/mol. The summed E-state index contributed by atoms with van der Waals surface area (Å²) in [7, 11) is 0. The van der Waals surface area contributed by atoms with Crippen LogP contribution in [0.15, 0.2) is 6.20 Å². The first-order valence-corrected chi connectivity index (χ1v) is 7.36. The van der Waals surface area contributed by atoms with Gasteiger partial charge in [0.2, 0.25) is 0 Å². The minimum Gasteiger partial charge on any atom is -0.348 e. The highest BCUT2D eigenvalue weighted by Gasteiger charge is 2.21. The van der Waals surface area contributed by atoms with Crippen molar-refractivity contribution < 1.29 is 4.79 Å². The average Bonchev–Trinajstić information content (AvgIpc) is 2.90. The molecular formula is C13H24N6O. The summed E-state index contributed by atoms with van der Waals surface area (Å²) in [6.45, 7) is 6.51. The van der Waals surface area contributed by atoms with Gasteiger partial charge >= 0.3 is 0 Å². The third-order valence-corrected chi connectivity index (χ3v) is 3.59. The normalized spacial score (nSPS) is 17.3. The first kappa shape index (κ1) is 14.9. The fraction of sp³-hybridized carbons (Fsp3) is 0.769. The summed E-state index contributed by atoms with van der Waals surface area (Å²) in [6, 6.07) is 0.246. The number of nitrogens with zero attached hydrogens (tertiary/aromatic N) is 4. The van der Waals surface area contributed by atoms with Gasteiger partial charge in [0.1, 0.15) is 0 Å². The molecule has 1 aliphatic rings. The van der Waals surface area contributed by atoms with Crippen molar-refractivity contribution >= 4 is 5.91 Å². The molecule has 0 spiro atoms. The molecule has 0 saturated carbocycles. The Morgan fingerprint density at radius 1 is 1.45 bits per heavy atom. The second-order valence-electron chi connectivity index (χ2n) is 5.24. The van der Waals surface area contributed by atoms with E-state index in [0.717, 1.165) is 32.5 Å². The number of likely N-dealkylation sites (tertiary alicyclic amines) is 1.